The molecule has 0 bridgehead atoms. The molecule has 0 spiro atoms. The average molecular weight is 334 g/mol. The third kappa shape index (κ3) is 4.43. The first-order valence-corrected chi connectivity index (χ1v) is 7.95. The zero-order valence-corrected chi connectivity index (χ0v) is 13.9. The van der Waals surface area contributed by atoms with Gasteiger partial charge in [0, 0.05) is 50.4 Å². The van der Waals surface area contributed by atoms with Gasteiger partial charge in [-0.2, -0.15) is 0 Å². The minimum Gasteiger partial charge on any atom is -0.338 e. The van der Waals surface area contributed by atoms with Crippen LogP contribution in [-0.2, 0) is 0 Å². The molecule has 8 heteroatoms. The molecule has 24 heavy (non-hydrogen) atoms. The molecule has 0 saturated carbocycles. The van der Waals surface area contributed by atoms with Gasteiger partial charge in [0.05, 0.1) is 4.92 Å². The fraction of sp³-hybridized carbons (Fsp3) is 0.500. The molecule has 0 unspecified atom stereocenters. The van der Waals surface area contributed by atoms with Crippen LogP contribution in [-0.4, -0.2) is 59.4 Å². The van der Waals surface area contributed by atoms with Crippen LogP contribution in [0.15, 0.2) is 24.3 Å². The van der Waals surface area contributed by atoms with Crippen molar-refractivity contribution < 1.29 is 14.5 Å². The number of nitro groups is 1. The number of nitrogens with one attached hydrogen (secondary N) is 1. The van der Waals surface area contributed by atoms with Crippen LogP contribution in [0, 0.1) is 16.0 Å². The van der Waals surface area contributed by atoms with E-state index in [1.165, 1.54) is 24.3 Å². The molecule has 1 aliphatic heterocycles. The Hall–Kier alpha value is -2.64. The van der Waals surface area contributed by atoms with E-state index in [2.05, 4.69) is 5.32 Å². The minimum atomic E-state index is -0.497. The highest BCUT2D eigenvalue weighted by atomic mass is 16.6. The Morgan fingerprint density at radius 1 is 1.12 bits per heavy atom. The SMILES string of the molecule is CC(C)CNC(=O)N1CCN(C(=O)c2ccc([N+](=O)[O-])cc2)CC1. The van der Waals surface area contributed by atoms with Crippen LogP contribution in [0.2, 0.25) is 0 Å². The van der Waals surface area contributed by atoms with Crippen molar-refractivity contribution in [2.24, 2.45) is 5.92 Å². The van der Waals surface area contributed by atoms with E-state index in [4.69, 9.17) is 0 Å². The molecule has 8 nitrogen and oxygen atoms in total. The Labute approximate surface area is 140 Å². The van der Waals surface area contributed by atoms with Gasteiger partial charge in [0.2, 0.25) is 0 Å². The van der Waals surface area contributed by atoms with Crippen molar-refractivity contribution in [2.45, 2.75) is 13.8 Å². The summed E-state index contributed by atoms with van der Waals surface area (Å²) >= 11 is 0. The fourth-order valence-electron chi connectivity index (χ4n) is 2.42. The number of piperazine rings is 1. The lowest BCUT2D eigenvalue weighted by atomic mass is 10.1. The lowest BCUT2D eigenvalue weighted by Crippen LogP contribution is -2.53. The Kier molecular flexibility index (Phi) is 5.73. The van der Waals surface area contributed by atoms with E-state index >= 15 is 0 Å². The summed E-state index contributed by atoms with van der Waals surface area (Å²) in [6, 6.07) is 5.46. The summed E-state index contributed by atoms with van der Waals surface area (Å²) in [7, 11) is 0. The van der Waals surface area contributed by atoms with Gasteiger partial charge in [-0.1, -0.05) is 13.8 Å². The number of benzene rings is 1. The van der Waals surface area contributed by atoms with E-state index in [1.807, 2.05) is 13.8 Å². The van der Waals surface area contributed by atoms with Crippen LogP contribution < -0.4 is 5.32 Å². The molecule has 1 N–H and O–H groups in total. The van der Waals surface area contributed by atoms with Crippen molar-refractivity contribution in [3.05, 3.63) is 39.9 Å². The number of hydrogen-bond acceptors (Lipinski definition) is 4. The predicted molar refractivity (Wildman–Crippen MR) is 88.8 cm³/mol. The molecule has 0 aliphatic carbocycles. The van der Waals surface area contributed by atoms with E-state index < -0.39 is 4.92 Å². The third-order valence-electron chi connectivity index (χ3n) is 3.84. The molecule has 1 fully saturated rings. The standard InChI is InChI=1S/C16H22N4O4/c1-12(2)11-17-16(22)19-9-7-18(8-10-19)15(21)13-3-5-14(6-4-13)20(23)24/h3-6,12H,7-11H2,1-2H3,(H,17,22). The number of urea groups is 1. The van der Waals surface area contributed by atoms with E-state index in [1.54, 1.807) is 9.80 Å². The summed E-state index contributed by atoms with van der Waals surface area (Å²) in [5.74, 6) is 0.214. The van der Waals surface area contributed by atoms with Crippen LogP contribution in [0.5, 0.6) is 0 Å². The topological polar surface area (TPSA) is 95.8 Å². The van der Waals surface area contributed by atoms with E-state index in [0.717, 1.165) is 0 Å². The molecule has 0 atom stereocenters. The van der Waals surface area contributed by atoms with Crippen LogP contribution in [0.1, 0.15) is 24.2 Å². The molecular weight excluding hydrogens is 312 g/mol. The highest BCUT2D eigenvalue weighted by Gasteiger charge is 2.25. The molecule has 130 valence electrons. The zero-order chi connectivity index (χ0) is 17.7. The Balaban J connectivity index is 1.88. The summed E-state index contributed by atoms with van der Waals surface area (Å²) in [4.78, 5) is 37.9. The normalized spacial score (nSPS) is 14.6. The fourth-order valence-corrected chi connectivity index (χ4v) is 2.42. The van der Waals surface area contributed by atoms with Crippen molar-refractivity contribution in [3.8, 4) is 0 Å². The van der Waals surface area contributed by atoms with Gasteiger partial charge in [0.1, 0.15) is 0 Å². The number of rotatable bonds is 4. The number of amides is 3. The van der Waals surface area contributed by atoms with Gasteiger partial charge in [0.25, 0.3) is 11.6 Å². The van der Waals surface area contributed by atoms with Crippen molar-refractivity contribution in [1.29, 1.82) is 0 Å². The van der Waals surface area contributed by atoms with Gasteiger partial charge < -0.3 is 15.1 Å². The van der Waals surface area contributed by atoms with Gasteiger partial charge >= 0.3 is 6.03 Å². The Morgan fingerprint density at radius 3 is 2.17 bits per heavy atom. The average Bonchev–Trinajstić information content (AvgIpc) is 2.59. The van der Waals surface area contributed by atoms with Crippen molar-refractivity contribution in [3.63, 3.8) is 0 Å². The molecule has 1 saturated heterocycles. The van der Waals surface area contributed by atoms with Gasteiger partial charge in [-0.25, -0.2) is 4.79 Å². The lowest BCUT2D eigenvalue weighted by Gasteiger charge is -2.34. The molecule has 0 aromatic heterocycles. The van der Waals surface area contributed by atoms with Crippen LogP contribution in [0.25, 0.3) is 0 Å². The van der Waals surface area contributed by atoms with E-state index in [-0.39, 0.29) is 17.6 Å². The second-order valence-corrected chi connectivity index (χ2v) is 6.16. The van der Waals surface area contributed by atoms with Crippen molar-refractivity contribution in [1.82, 2.24) is 15.1 Å². The summed E-state index contributed by atoms with van der Waals surface area (Å²) in [5, 5.41) is 13.5. The van der Waals surface area contributed by atoms with Crippen LogP contribution >= 0.6 is 0 Å². The summed E-state index contributed by atoms with van der Waals surface area (Å²) in [6.45, 7) is 6.53. The number of hydrogen-bond donors (Lipinski definition) is 1. The summed E-state index contributed by atoms with van der Waals surface area (Å²) in [5.41, 5.74) is 0.372. The molecule has 3 amide bonds. The molecule has 0 radical (unpaired) electrons. The molecule has 1 aliphatic rings. The maximum atomic E-state index is 12.4. The first-order chi connectivity index (χ1) is 11.4. The summed E-state index contributed by atoms with van der Waals surface area (Å²) < 4.78 is 0. The zero-order valence-electron chi connectivity index (χ0n) is 13.9. The van der Waals surface area contributed by atoms with E-state index in [9.17, 15) is 19.7 Å². The Bertz CT molecular complexity index is 607. The molecule has 1 aromatic rings. The van der Waals surface area contributed by atoms with Crippen molar-refractivity contribution in [2.75, 3.05) is 32.7 Å². The number of non-ortho nitro benzene ring substituents is 1. The molecule has 2 rings (SSSR count). The monoisotopic (exact) mass is 334 g/mol. The minimum absolute atomic E-state index is 0.0433. The van der Waals surface area contributed by atoms with E-state index in [0.29, 0.717) is 44.2 Å². The Morgan fingerprint density at radius 2 is 1.67 bits per heavy atom. The van der Waals surface area contributed by atoms with Gasteiger partial charge in [-0.15, -0.1) is 0 Å². The quantitative estimate of drug-likeness (QED) is 0.670. The van der Waals surface area contributed by atoms with Crippen molar-refractivity contribution >= 4 is 17.6 Å². The maximum absolute atomic E-state index is 12.4. The number of nitrogens with zero attached hydrogens (tertiary/aromatic N) is 3. The molecule has 1 aromatic carbocycles. The van der Waals surface area contributed by atoms with Crippen LogP contribution in [0.3, 0.4) is 0 Å². The first kappa shape index (κ1) is 17.7. The van der Waals surface area contributed by atoms with Gasteiger partial charge in [-0.3, -0.25) is 14.9 Å². The van der Waals surface area contributed by atoms with Crippen LogP contribution in [0.4, 0.5) is 10.5 Å². The second kappa shape index (κ2) is 7.76. The molecular formula is C16H22N4O4. The summed E-state index contributed by atoms with van der Waals surface area (Å²) in [6.07, 6.45) is 0. The third-order valence-corrected chi connectivity index (χ3v) is 3.84. The smallest absolute Gasteiger partial charge is 0.317 e. The second-order valence-electron chi connectivity index (χ2n) is 6.16. The number of carbonyl (C=O) groups excluding carboxylic acids is 2. The highest BCUT2D eigenvalue weighted by molar-refractivity contribution is 5.94. The predicted octanol–water partition coefficient (Wildman–Crippen LogP) is 1.72. The lowest BCUT2D eigenvalue weighted by molar-refractivity contribution is -0.384. The maximum Gasteiger partial charge on any atom is 0.317 e. The largest absolute Gasteiger partial charge is 0.338 e. The van der Waals surface area contributed by atoms with Gasteiger partial charge in [-0.05, 0) is 18.1 Å². The number of carbonyl (C=O) groups is 2. The first-order valence-electron chi connectivity index (χ1n) is 7.95. The number of nitro benzene ring substituents is 1. The molecule has 1 heterocycles. The highest BCUT2D eigenvalue weighted by Crippen LogP contribution is 2.14. The van der Waals surface area contributed by atoms with Gasteiger partial charge in [0.15, 0.2) is 0 Å².